The fraction of sp³-hybridized carbons (Fsp3) is 0.825. The van der Waals surface area contributed by atoms with E-state index in [-0.39, 0.29) is 25.9 Å². The molecule has 69 heavy (non-hydrogen) atoms. The molecule has 1 aliphatic rings. The fourth-order valence-electron chi connectivity index (χ4n) is 8.32. The van der Waals surface area contributed by atoms with Crippen molar-refractivity contribution in [2.24, 2.45) is 0 Å². The van der Waals surface area contributed by atoms with Crippen LogP contribution >= 0.6 is 0 Å². The van der Waals surface area contributed by atoms with Gasteiger partial charge in [0.15, 0.2) is 24.6 Å². The number of carbonyl (C=O) groups is 4. The van der Waals surface area contributed by atoms with Gasteiger partial charge in [-0.25, -0.2) is 4.79 Å². The minimum Gasteiger partial charge on any atom is -0.479 e. The van der Waals surface area contributed by atoms with E-state index in [9.17, 15) is 34.5 Å². The molecule has 1 saturated heterocycles. The Morgan fingerprint density at radius 2 is 0.884 bits per heavy atom. The minimum absolute atomic E-state index is 0.0626. The Bertz CT molecular complexity index is 1350. The summed E-state index contributed by atoms with van der Waals surface area (Å²) in [7, 11) is 0. The number of aliphatic hydroxyl groups excluding tert-OH is 2. The molecule has 6 unspecified atom stereocenters. The predicted octanol–water partition coefficient (Wildman–Crippen LogP) is 13.7. The van der Waals surface area contributed by atoms with Gasteiger partial charge in [0.25, 0.3) is 0 Å². The summed E-state index contributed by atoms with van der Waals surface area (Å²) >= 11 is 0. The average Bonchev–Trinajstić information content (AvgIpc) is 3.33. The second kappa shape index (κ2) is 46.0. The number of allylic oxidation sites excluding steroid dienone is 6. The maximum Gasteiger partial charge on any atom is 0.335 e. The van der Waals surface area contributed by atoms with Gasteiger partial charge in [0.05, 0.1) is 6.61 Å². The predicted molar refractivity (Wildman–Crippen MR) is 276 cm³/mol. The molecule has 1 fully saturated rings. The normalized spacial score (nSPS) is 18.9. The number of carboxylic acids is 1. The molecule has 12 nitrogen and oxygen atoms in total. The van der Waals surface area contributed by atoms with Crippen LogP contribution in [0.5, 0.6) is 0 Å². The Kier molecular flexibility index (Phi) is 42.7. The number of aliphatic carboxylic acids is 1. The van der Waals surface area contributed by atoms with Crippen molar-refractivity contribution in [2.75, 3.05) is 13.2 Å². The highest BCUT2D eigenvalue weighted by Crippen LogP contribution is 2.26. The van der Waals surface area contributed by atoms with Crippen molar-refractivity contribution in [1.29, 1.82) is 0 Å². The number of hydrogen-bond acceptors (Lipinski definition) is 11. The summed E-state index contributed by atoms with van der Waals surface area (Å²) in [6, 6.07) is 0. The average molecular weight is 977 g/mol. The molecule has 0 aromatic heterocycles. The first-order chi connectivity index (χ1) is 33.6. The SMILES string of the molecule is CCCC/C=C\CCCCCCCC(=O)OC(COC(=O)CCCCCCC/C=C\C/C=C\CCCCC)COC1OC(C(=O)O)C(O)C(O)C1OC(=O)CCCCCCCCCCCCCCC. The van der Waals surface area contributed by atoms with Gasteiger partial charge in [-0.2, -0.15) is 0 Å². The van der Waals surface area contributed by atoms with Crippen LogP contribution in [0.25, 0.3) is 0 Å². The number of hydrogen-bond donors (Lipinski definition) is 3. The molecule has 0 amide bonds. The zero-order valence-corrected chi connectivity index (χ0v) is 43.8. The van der Waals surface area contributed by atoms with Gasteiger partial charge < -0.3 is 39.0 Å². The number of esters is 3. The van der Waals surface area contributed by atoms with E-state index in [0.29, 0.717) is 19.3 Å². The monoisotopic (exact) mass is 977 g/mol. The molecule has 3 N–H and O–H groups in total. The van der Waals surface area contributed by atoms with Gasteiger partial charge in [0.1, 0.15) is 18.8 Å². The lowest BCUT2D eigenvalue weighted by atomic mass is 9.98. The van der Waals surface area contributed by atoms with Crippen molar-refractivity contribution in [1.82, 2.24) is 0 Å². The maximum absolute atomic E-state index is 13.1. The van der Waals surface area contributed by atoms with Crippen LogP contribution in [0.4, 0.5) is 0 Å². The molecule has 0 aromatic rings. The second-order valence-electron chi connectivity index (χ2n) is 19.2. The standard InChI is InChI=1S/C57H100O12/c1-4-7-10-13-16-19-22-24-25-27-29-31-34-37-40-43-49(58)65-46-48(67-50(59)44-41-38-35-32-28-21-18-15-12-9-6-3)47-66-57-55(53(62)52(61)54(69-57)56(63)64)68-51(60)45-42-39-36-33-30-26-23-20-17-14-11-8-5-2/h15-16,18-19,24-25,48,52-55,57,61-62H,4-14,17,20-23,26-47H2,1-3H3,(H,63,64)/b18-15-,19-16-,25-24-. The first kappa shape index (κ1) is 64.0. The van der Waals surface area contributed by atoms with Gasteiger partial charge in [-0.3, -0.25) is 14.4 Å². The van der Waals surface area contributed by atoms with Crippen molar-refractivity contribution >= 4 is 23.9 Å². The Hall–Kier alpha value is -3.06. The van der Waals surface area contributed by atoms with Crippen molar-refractivity contribution in [3.05, 3.63) is 36.5 Å². The number of unbranched alkanes of at least 4 members (excludes halogenated alkanes) is 27. The highest BCUT2D eigenvalue weighted by atomic mass is 16.7. The van der Waals surface area contributed by atoms with E-state index in [4.69, 9.17) is 23.7 Å². The number of aliphatic hydroxyl groups is 2. The van der Waals surface area contributed by atoms with E-state index >= 15 is 0 Å². The number of carbonyl (C=O) groups excluding carboxylic acids is 3. The summed E-state index contributed by atoms with van der Waals surface area (Å²) in [6.07, 6.45) is 39.8. The summed E-state index contributed by atoms with van der Waals surface area (Å²) in [4.78, 5) is 50.9. The Morgan fingerprint density at radius 1 is 0.478 bits per heavy atom. The first-order valence-electron chi connectivity index (χ1n) is 28.0. The zero-order valence-electron chi connectivity index (χ0n) is 43.8. The van der Waals surface area contributed by atoms with Crippen LogP contribution in [0.3, 0.4) is 0 Å². The van der Waals surface area contributed by atoms with Gasteiger partial charge in [0, 0.05) is 19.3 Å². The van der Waals surface area contributed by atoms with E-state index in [2.05, 4.69) is 57.2 Å². The van der Waals surface area contributed by atoms with Gasteiger partial charge >= 0.3 is 23.9 Å². The van der Waals surface area contributed by atoms with Gasteiger partial charge in [-0.1, -0.05) is 198 Å². The van der Waals surface area contributed by atoms with Gasteiger partial charge in [-0.15, -0.1) is 0 Å². The summed E-state index contributed by atoms with van der Waals surface area (Å²) in [6.45, 7) is 5.90. The van der Waals surface area contributed by atoms with Crippen LogP contribution in [0.15, 0.2) is 36.5 Å². The van der Waals surface area contributed by atoms with E-state index in [1.807, 2.05) is 0 Å². The van der Waals surface area contributed by atoms with Gasteiger partial charge in [0.2, 0.25) is 0 Å². The third-order valence-corrected chi connectivity index (χ3v) is 12.7. The number of rotatable bonds is 47. The van der Waals surface area contributed by atoms with E-state index in [1.54, 1.807) is 0 Å². The summed E-state index contributed by atoms with van der Waals surface area (Å²) in [5.41, 5.74) is 0. The van der Waals surface area contributed by atoms with Crippen LogP contribution in [-0.4, -0.2) is 89.2 Å². The molecule has 400 valence electrons. The highest BCUT2D eigenvalue weighted by Gasteiger charge is 2.50. The van der Waals surface area contributed by atoms with Crippen LogP contribution in [0.2, 0.25) is 0 Å². The van der Waals surface area contributed by atoms with E-state index in [1.165, 1.54) is 83.5 Å². The molecular weight excluding hydrogens is 877 g/mol. The minimum atomic E-state index is -1.90. The highest BCUT2D eigenvalue weighted by molar-refractivity contribution is 5.74. The number of ether oxygens (including phenoxy) is 5. The summed E-state index contributed by atoms with van der Waals surface area (Å²) in [5, 5.41) is 31.4. The van der Waals surface area contributed by atoms with E-state index < -0.39 is 67.3 Å². The van der Waals surface area contributed by atoms with Gasteiger partial charge in [-0.05, 0) is 70.6 Å². The molecule has 0 aromatic carbocycles. The lowest BCUT2D eigenvalue weighted by molar-refractivity contribution is -0.301. The Labute approximate surface area is 419 Å². The molecule has 0 saturated carbocycles. The lowest BCUT2D eigenvalue weighted by Gasteiger charge is -2.40. The van der Waals surface area contributed by atoms with Crippen molar-refractivity contribution in [3.8, 4) is 0 Å². The van der Waals surface area contributed by atoms with Crippen LogP contribution < -0.4 is 0 Å². The lowest BCUT2D eigenvalue weighted by Crippen LogP contribution is -2.61. The van der Waals surface area contributed by atoms with E-state index in [0.717, 1.165) is 109 Å². The second-order valence-corrected chi connectivity index (χ2v) is 19.2. The molecule has 0 radical (unpaired) electrons. The molecule has 0 aliphatic carbocycles. The molecular formula is C57H100O12. The fourth-order valence-corrected chi connectivity index (χ4v) is 8.32. The molecule has 1 rings (SSSR count). The Balaban J connectivity index is 2.71. The first-order valence-corrected chi connectivity index (χ1v) is 28.0. The number of carboxylic acid groups (broad SMARTS) is 1. The van der Waals surface area contributed by atoms with Crippen LogP contribution in [-0.2, 0) is 42.9 Å². The third-order valence-electron chi connectivity index (χ3n) is 12.7. The molecule has 1 aliphatic heterocycles. The summed E-state index contributed by atoms with van der Waals surface area (Å²) in [5.74, 6) is -3.13. The quantitative estimate of drug-likeness (QED) is 0.0228. The molecule has 1 heterocycles. The molecule has 12 heteroatoms. The van der Waals surface area contributed by atoms with Crippen molar-refractivity contribution < 1.29 is 58.2 Å². The molecule has 0 bridgehead atoms. The van der Waals surface area contributed by atoms with Crippen molar-refractivity contribution in [2.45, 2.75) is 289 Å². The Morgan fingerprint density at radius 3 is 1.39 bits per heavy atom. The van der Waals surface area contributed by atoms with Crippen LogP contribution in [0.1, 0.15) is 252 Å². The third kappa shape index (κ3) is 36.5. The zero-order chi connectivity index (χ0) is 50.4. The topological polar surface area (TPSA) is 175 Å². The molecule has 0 spiro atoms. The summed E-state index contributed by atoms with van der Waals surface area (Å²) < 4.78 is 28.3. The molecule has 6 atom stereocenters. The smallest absolute Gasteiger partial charge is 0.335 e. The van der Waals surface area contributed by atoms with Crippen molar-refractivity contribution in [3.63, 3.8) is 0 Å². The maximum atomic E-state index is 13.1. The largest absolute Gasteiger partial charge is 0.479 e. The van der Waals surface area contributed by atoms with Crippen LogP contribution in [0, 0.1) is 0 Å².